The van der Waals surface area contributed by atoms with Crippen molar-refractivity contribution in [2.45, 2.75) is 37.7 Å². The van der Waals surface area contributed by atoms with Gasteiger partial charge >= 0.3 is 6.09 Å². The van der Waals surface area contributed by atoms with Crippen LogP contribution in [-0.4, -0.2) is 49.8 Å². The Morgan fingerprint density at radius 1 is 1.13 bits per heavy atom. The van der Waals surface area contributed by atoms with Crippen LogP contribution in [-0.2, 0) is 21.0 Å². The second-order valence-electron chi connectivity index (χ2n) is 8.19. The van der Waals surface area contributed by atoms with Gasteiger partial charge in [0.05, 0.1) is 16.7 Å². The van der Waals surface area contributed by atoms with Gasteiger partial charge in [0.15, 0.2) is 9.84 Å². The van der Waals surface area contributed by atoms with E-state index in [-0.39, 0.29) is 12.2 Å². The average Bonchev–Trinajstić information content (AvgIpc) is 3.16. The predicted octanol–water partition coefficient (Wildman–Crippen LogP) is 4.27. The molecule has 0 fully saturated rings. The molecule has 1 aliphatic heterocycles. The van der Waals surface area contributed by atoms with Crippen molar-refractivity contribution >= 4 is 21.5 Å². The zero-order chi connectivity index (χ0) is 22.2. The highest BCUT2D eigenvalue weighted by molar-refractivity contribution is 7.90. The maximum absolute atomic E-state index is 12.1. The minimum absolute atomic E-state index is 0.127. The fourth-order valence-corrected chi connectivity index (χ4v) is 4.54. The monoisotopic (exact) mass is 438 g/mol. The summed E-state index contributed by atoms with van der Waals surface area (Å²) in [4.78, 5) is 18.8. The van der Waals surface area contributed by atoms with E-state index in [1.54, 1.807) is 17.0 Å². The van der Waals surface area contributed by atoms with E-state index in [1.807, 2.05) is 32.2 Å². The molecule has 2 aliphatic rings. The van der Waals surface area contributed by atoms with Crippen LogP contribution in [0.5, 0.6) is 0 Å². The Bertz CT molecular complexity index is 1180. The van der Waals surface area contributed by atoms with Crippen LogP contribution < -0.4 is 0 Å². The first kappa shape index (κ1) is 21.3. The van der Waals surface area contributed by atoms with E-state index in [2.05, 4.69) is 23.2 Å². The maximum Gasteiger partial charge on any atom is 0.410 e. The van der Waals surface area contributed by atoms with E-state index >= 15 is 0 Å². The number of rotatable bonds is 4. The third-order valence-electron chi connectivity index (χ3n) is 5.53. The highest BCUT2D eigenvalue weighted by Crippen LogP contribution is 2.36. The van der Waals surface area contributed by atoms with Crippen LogP contribution in [0.15, 0.2) is 59.1 Å². The Kier molecular flexibility index (Phi) is 5.71. The summed E-state index contributed by atoms with van der Waals surface area (Å²) in [6, 6.07) is 9.01. The molecule has 0 radical (unpaired) electrons. The summed E-state index contributed by atoms with van der Waals surface area (Å²) < 4.78 is 28.7. The van der Waals surface area contributed by atoms with Crippen molar-refractivity contribution in [1.82, 2.24) is 9.88 Å². The third kappa shape index (κ3) is 4.56. The fourth-order valence-electron chi connectivity index (χ4n) is 3.91. The molecule has 0 saturated heterocycles. The van der Waals surface area contributed by atoms with Crippen molar-refractivity contribution in [2.24, 2.45) is 0 Å². The lowest BCUT2D eigenvalue weighted by molar-refractivity contribution is 0.0793. The van der Waals surface area contributed by atoms with Gasteiger partial charge in [0, 0.05) is 43.1 Å². The predicted molar refractivity (Wildman–Crippen MR) is 120 cm³/mol. The Balaban J connectivity index is 1.55. The van der Waals surface area contributed by atoms with Gasteiger partial charge in [-0.3, -0.25) is 4.98 Å². The van der Waals surface area contributed by atoms with Crippen LogP contribution in [0.2, 0.25) is 0 Å². The Morgan fingerprint density at radius 2 is 1.87 bits per heavy atom. The zero-order valence-electron chi connectivity index (χ0n) is 18.0. The largest absolute Gasteiger partial charge is 0.447 e. The number of fused-ring (bicyclic) bond motifs is 1. The second-order valence-corrected chi connectivity index (χ2v) is 10.2. The topological polar surface area (TPSA) is 76.6 Å². The van der Waals surface area contributed by atoms with Gasteiger partial charge in [-0.1, -0.05) is 24.3 Å². The zero-order valence-corrected chi connectivity index (χ0v) is 18.8. The summed E-state index contributed by atoms with van der Waals surface area (Å²) in [5, 5.41) is 0. The highest BCUT2D eigenvalue weighted by atomic mass is 32.2. The molecule has 7 heteroatoms. The molecule has 162 valence electrons. The molecule has 2 aromatic rings. The molecule has 1 amide bonds. The Morgan fingerprint density at radius 3 is 2.48 bits per heavy atom. The molecule has 4 rings (SSSR count). The van der Waals surface area contributed by atoms with Gasteiger partial charge in [0.25, 0.3) is 0 Å². The molecule has 6 nitrogen and oxygen atoms in total. The molecular formula is C24H26N2O4S. The minimum Gasteiger partial charge on any atom is -0.447 e. The number of allylic oxidation sites excluding steroid dienone is 2. The van der Waals surface area contributed by atoms with Crippen molar-refractivity contribution in [2.75, 3.05) is 19.3 Å². The SMILES string of the molecule is CC(C)OC(=O)N1CC=C(C2=CCc3ncc(-c4ccc(S(C)(=O)=O)cc4)cc32)CC1. The first-order valence-electron chi connectivity index (χ1n) is 10.4. The number of carbonyl (C=O) groups is 1. The van der Waals surface area contributed by atoms with Crippen molar-refractivity contribution in [1.29, 1.82) is 0 Å². The number of ether oxygens (including phenoxy) is 1. The molecule has 0 atom stereocenters. The molecule has 1 aromatic carbocycles. The summed E-state index contributed by atoms with van der Waals surface area (Å²) in [6.07, 6.45) is 8.49. The molecule has 0 unspecified atom stereocenters. The van der Waals surface area contributed by atoms with Gasteiger partial charge in [-0.25, -0.2) is 13.2 Å². The average molecular weight is 439 g/mol. The van der Waals surface area contributed by atoms with E-state index in [4.69, 9.17) is 4.74 Å². The van der Waals surface area contributed by atoms with Gasteiger partial charge in [0.2, 0.25) is 0 Å². The van der Waals surface area contributed by atoms with Crippen molar-refractivity contribution in [3.05, 3.63) is 65.5 Å². The van der Waals surface area contributed by atoms with Crippen LogP contribution in [0.4, 0.5) is 4.79 Å². The van der Waals surface area contributed by atoms with Crippen LogP contribution in [0, 0.1) is 0 Å². The molecule has 31 heavy (non-hydrogen) atoms. The third-order valence-corrected chi connectivity index (χ3v) is 6.65. The number of nitrogens with zero attached hydrogens (tertiary/aromatic N) is 2. The molecule has 2 heterocycles. The lowest BCUT2D eigenvalue weighted by atomic mass is 9.94. The smallest absolute Gasteiger partial charge is 0.410 e. The van der Waals surface area contributed by atoms with Crippen molar-refractivity contribution in [3.63, 3.8) is 0 Å². The quantitative estimate of drug-likeness (QED) is 0.713. The number of sulfone groups is 1. The van der Waals surface area contributed by atoms with Crippen molar-refractivity contribution in [3.8, 4) is 11.1 Å². The lowest BCUT2D eigenvalue weighted by Crippen LogP contribution is -2.36. The van der Waals surface area contributed by atoms with E-state index < -0.39 is 9.84 Å². The van der Waals surface area contributed by atoms with Gasteiger partial charge in [-0.05, 0) is 55.2 Å². The summed E-state index contributed by atoms with van der Waals surface area (Å²) in [5.74, 6) is 0. The number of carbonyl (C=O) groups excluding carboxylic acids is 1. The van der Waals surface area contributed by atoms with E-state index in [0.717, 1.165) is 35.2 Å². The van der Waals surface area contributed by atoms with E-state index in [0.29, 0.717) is 18.0 Å². The lowest BCUT2D eigenvalue weighted by Gasteiger charge is -2.27. The molecule has 0 saturated carbocycles. The number of aromatic nitrogens is 1. The number of amides is 1. The normalized spacial score (nSPS) is 16.1. The second kappa shape index (κ2) is 8.30. The summed E-state index contributed by atoms with van der Waals surface area (Å²) in [7, 11) is -3.22. The standard InChI is InChI=1S/C24H26N2O4S/c1-16(2)30-24(27)26-12-10-18(11-13-26)21-8-9-23-22(21)14-19(15-25-23)17-4-6-20(7-5-17)31(3,28)29/h4-8,10,14-16H,9,11-13H2,1-3H3. The van der Waals surface area contributed by atoms with Crippen LogP contribution in [0.3, 0.4) is 0 Å². The molecular weight excluding hydrogens is 412 g/mol. The van der Waals surface area contributed by atoms with Crippen LogP contribution >= 0.6 is 0 Å². The van der Waals surface area contributed by atoms with E-state index in [9.17, 15) is 13.2 Å². The number of hydrogen-bond acceptors (Lipinski definition) is 5. The van der Waals surface area contributed by atoms with Crippen molar-refractivity contribution < 1.29 is 17.9 Å². The van der Waals surface area contributed by atoms with Gasteiger partial charge < -0.3 is 9.64 Å². The first-order chi connectivity index (χ1) is 14.7. The Labute approximate surface area is 183 Å². The number of pyridine rings is 1. The Hall–Kier alpha value is -2.93. The summed E-state index contributed by atoms with van der Waals surface area (Å²) in [5.41, 5.74) is 6.41. The molecule has 0 spiro atoms. The highest BCUT2D eigenvalue weighted by Gasteiger charge is 2.24. The molecule has 0 bridgehead atoms. The van der Waals surface area contributed by atoms with Gasteiger partial charge in [0.1, 0.15) is 0 Å². The maximum atomic E-state index is 12.1. The summed E-state index contributed by atoms with van der Waals surface area (Å²) >= 11 is 0. The van der Waals surface area contributed by atoms with Gasteiger partial charge in [-0.15, -0.1) is 0 Å². The number of benzene rings is 1. The molecule has 1 aromatic heterocycles. The summed E-state index contributed by atoms with van der Waals surface area (Å²) in [6.45, 7) is 4.86. The van der Waals surface area contributed by atoms with Gasteiger partial charge in [-0.2, -0.15) is 0 Å². The number of hydrogen-bond donors (Lipinski definition) is 0. The van der Waals surface area contributed by atoms with Crippen LogP contribution in [0.1, 0.15) is 31.5 Å². The van der Waals surface area contributed by atoms with E-state index in [1.165, 1.54) is 17.4 Å². The minimum atomic E-state index is -3.22. The molecule has 0 N–H and O–H groups in total. The fraction of sp³-hybridized carbons (Fsp3) is 0.333. The molecule has 1 aliphatic carbocycles. The first-order valence-corrected chi connectivity index (χ1v) is 12.3. The van der Waals surface area contributed by atoms with Crippen LogP contribution in [0.25, 0.3) is 16.7 Å².